The molecule has 23 N–H and O–H groups in total. The number of aliphatic imine (C=N–C) groups is 1. The number of nitrogens with one attached hydrogen (secondary N) is 16. The van der Waals surface area contributed by atoms with Crippen molar-refractivity contribution in [2.24, 2.45) is 16.5 Å². The van der Waals surface area contributed by atoms with Gasteiger partial charge in [0.2, 0.25) is 82.7 Å². The zero-order valence-corrected chi connectivity index (χ0v) is 78.5. The van der Waals surface area contributed by atoms with Gasteiger partial charge in [-0.1, -0.05) is 158 Å². The van der Waals surface area contributed by atoms with Gasteiger partial charge in [-0.15, -0.1) is 5.10 Å². The minimum Gasteiger partial charge on any atom is -0.394 e. The average Bonchev–Trinajstić information content (AvgIpc) is 1.66. The standard InChI is InChI=1S/C93H141N23O21/c1-3-4-33-68(83(126)107-71-40-39-63(120)31-20-17-21-34-66(59(2)119)103-87(130)73(50-61-53-100-67-35-25-24-32-65(61)67)108-84(127)69(36-27-44-99-93(95)96)104-86(129)72(49-60-28-18-16-19-29-60)110-91(134)77-52-64(121)55-116(77)92(71)135)105-90(133)76(57-118)111-88(131)74(51-62-30-26-43-97-62)109-85(128)70(41-42-78(94)122)106-89(132)75(56-117)102-81(124)54-101-82(125)58-137-48-47-136-46-45-98-80(123)38-23-15-13-11-9-7-5-6-8-10-12-14-22-37-79-112-114-115-113-79/h16,18-19,24-25,28-30,32,35,43,53,64,66,68-77,100,117-118,121H,3-15,17,20-23,26-27,31,33-34,36-42,44-52,54-58H2,1-2H3,(H2,94,122)(H,98,123)(H,101,125)(H,102,124)(H,103,130)(H,104,129)(H,105,133)(H,106,132)(H,107,126)(H,108,127)(H,109,128)(H,110,134)(H,111,131)(H4,95,96,99)(H,112,113,114,115)/t64-,66+,68+,69+,70+,71+,72-,73+,74+,75+,76+,77+/m1/s1. The minimum atomic E-state index is -1.90. The van der Waals surface area contributed by atoms with Crippen molar-refractivity contribution in [3.8, 4) is 0 Å². The van der Waals surface area contributed by atoms with Gasteiger partial charge in [-0.2, -0.15) is 0 Å². The molecule has 2 aromatic carbocycles. The summed E-state index contributed by atoms with van der Waals surface area (Å²) in [6.07, 6.45) is 18.7. The first kappa shape index (κ1) is 111. The number of aromatic amines is 2. The lowest BCUT2D eigenvalue weighted by atomic mass is 9.99. The number of ether oxygens (including phenoxy) is 2. The van der Waals surface area contributed by atoms with Crippen LogP contribution in [0, 0.1) is 5.41 Å². The number of Topliss-reactive ketones (excluding diaryl/α,β-unsaturated/α-hetero) is 2. The molecule has 0 radical (unpaired) electrons. The summed E-state index contributed by atoms with van der Waals surface area (Å²) in [4.78, 5) is 233. The number of nitrogens with two attached hydrogens (primary N) is 2. The van der Waals surface area contributed by atoms with Crippen LogP contribution in [0.1, 0.15) is 230 Å². The third-order valence-corrected chi connectivity index (χ3v) is 23.7. The van der Waals surface area contributed by atoms with E-state index in [0.717, 1.165) is 60.2 Å². The highest BCUT2D eigenvalue weighted by atomic mass is 16.5. The van der Waals surface area contributed by atoms with Crippen molar-refractivity contribution in [2.75, 3.05) is 65.8 Å². The van der Waals surface area contributed by atoms with Crippen molar-refractivity contribution in [2.45, 2.75) is 305 Å². The van der Waals surface area contributed by atoms with Crippen molar-refractivity contribution >= 4 is 117 Å². The number of carbonyl (C=O) groups is 16. The predicted octanol–water partition coefficient (Wildman–Crippen LogP) is -0.400. The normalized spacial score (nSPS) is 19.2. The summed E-state index contributed by atoms with van der Waals surface area (Å²) in [6, 6.07) is -1.46. The van der Waals surface area contributed by atoms with Crippen LogP contribution in [-0.2, 0) is 105 Å². The lowest BCUT2D eigenvalue weighted by Gasteiger charge is -2.31. The number of amides is 14. The van der Waals surface area contributed by atoms with Gasteiger partial charge in [0.05, 0.1) is 51.7 Å². The number of aromatic nitrogens is 5. The summed E-state index contributed by atoms with van der Waals surface area (Å²) < 4.78 is 10.8. The molecule has 2 aromatic heterocycles. The van der Waals surface area contributed by atoms with Gasteiger partial charge in [0, 0.05) is 113 Å². The van der Waals surface area contributed by atoms with E-state index >= 15 is 14.4 Å². The summed E-state index contributed by atoms with van der Waals surface area (Å²) >= 11 is 0. The number of aliphatic hydroxyl groups is 3. The molecule has 4 aromatic rings. The molecular formula is C93H141N23O21. The maximum Gasteiger partial charge on any atom is 0.246 e. The molecule has 0 bridgehead atoms. The minimum absolute atomic E-state index is 0.0109. The van der Waals surface area contributed by atoms with Gasteiger partial charge >= 0.3 is 0 Å². The van der Waals surface area contributed by atoms with E-state index in [-0.39, 0.29) is 127 Å². The quantitative estimate of drug-likeness (QED) is 0.0152. The highest BCUT2D eigenvalue weighted by molar-refractivity contribution is 6.01. The zero-order valence-electron chi connectivity index (χ0n) is 78.5. The molecule has 5 heterocycles. The molecule has 0 spiro atoms. The molecule has 137 heavy (non-hydrogen) atoms. The average molecular weight is 1920 g/mol. The van der Waals surface area contributed by atoms with Crippen molar-refractivity contribution in [1.29, 1.82) is 5.41 Å². The number of para-hydroxylation sites is 1. The monoisotopic (exact) mass is 1920 g/mol. The Labute approximate surface area is 796 Å². The van der Waals surface area contributed by atoms with Gasteiger partial charge in [-0.05, 0) is 92.3 Å². The summed E-state index contributed by atoms with van der Waals surface area (Å²) in [5.41, 5.74) is 13.2. The fraction of sp³-hybridized carbons (Fsp3) is 0.624. The molecule has 44 nitrogen and oxygen atoms in total. The number of unbranched alkanes of at least 4 members (excludes halogenated alkanes) is 13. The van der Waals surface area contributed by atoms with Gasteiger partial charge in [0.15, 0.2) is 11.7 Å². The van der Waals surface area contributed by atoms with E-state index in [1.165, 1.54) is 64.5 Å². The molecule has 2 fully saturated rings. The molecule has 12 atom stereocenters. The molecule has 44 heteroatoms. The zero-order chi connectivity index (χ0) is 99.2. The third-order valence-electron chi connectivity index (χ3n) is 23.7. The van der Waals surface area contributed by atoms with Crippen molar-refractivity contribution < 1.29 is 102 Å². The molecule has 3 aliphatic heterocycles. The van der Waals surface area contributed by atoms with E-state index in [1.54, 1.807) is 55.6 Å². The fourth-order valence-corrected chi connectivity index (χ4v) is 16.1. The summed E-state index contributed by atoms with van der Waals surface area (Å²) in [6.45, 7) is -0.163. The fourth-order valence-electron chi connectivity index (χ4n) is 16.1. The first-order valence-electron chi connectivity index (χ1n) is 47.9. The van der Waals surface area contributed by atoms with Crippen LogP contribution in [0.5, 0.6) is 0 Å². The number of carbonyl (C=O) groups excluding carboxylic acids is 16. The van der Waals surface area contributed by atoms with Crippen molar-refractivity contribution in [3.63, 3.8) is 0 Å². The van der Waals surface area contributed by atoms with E-state index in [1.807, 2.05) is 18.2 Å². The van der Waals surface area contributed by atoms with Gasteiger partial charge in [0.1, 0.15) is 78.6 Å². The van der Waals surface area contributed by atoms with E-state index in [9.17, 15) is 77.6 Å². The number of rotatable bonds is 56. The molecule has 0 saturated carbocycles. The molecule has 0 unspecified atom stereocenters. The second-order valence-corrected chi connectivity index (χ2v) is 34.8. The number of H-pyrrole nitrogens is 2. The van der Waals surface area contributed by atoms with Crippen LogP contribution in [0.3, 0.4) is 0 Å². The number of guanidine groups is 1. The van der Waals surface area contributed by atoms with Crippen molar-refractivity contribution in [3.05, 3.63) is 89.5 Å². The summed E-state index contributed by atoms with van der Waals surface area (Å²) in [5, 5.41) is 88.6. The SMILES string of the molecule is CCCC[C@H](NC(=O)[C@H](CO)NC(=O)[C@H](CC1=CCC=N1)NC(=O)[C@H](CCC(N)=O)NC(=O)[C@H](CO)NC(=O)CNC(=O)COCCOCCNC(=O)CCCCCCCCCCCCCCCc1nnn[nH]1)C(=O)N[C@H]1CCC(=O)CCCCC[C@@H](C(C)=O)NC(=O)[C@H](Cc2c[nH]c3ccccc23)NC(=O)[C@H](CCCNC(=N)N)NC(=O)[C@@H](Cc2ccccc2)NC(=O)[C@@H]2C[C@@H](O)CN2C1=O. The Hall–Kier alpha value is -12.6. The lowest BCUT2D eigenvalue weighted by molar-refractivity contribution is -0.143. The highest BCUT2D eigenvalue weighted by Gasteiger charge is 2.44. The number of nitrogens with zero attached hydrogens (tertiary/aromatic N) is 5. The number of hydrogen-bond donors (Lipinski definition) is 21. The number of aryl methyl sites for hydroxylation is 1. The van der Waals surface area contributed by atoms with Gasteiger partial charge < -0.3 is 115 Å². The molecule has 754 valence electrons. The van der Waals surface area contributed by atoms with E-state index in [0.29, 0.717) is 43.2 Å². The van der Waals surface area contributed by atoms with Crippen LogP contribution in [0.25, 0.3) is 10.9 Å². The predicted molar refractivity (Wildman–Crippen MR) is 503 cm³/mol. The Bertz CT molecular complexity index is 4630. The molecule has 2 saturated heterocycles. The Morgan fingerprint density at radius 3 is 1.87 bits per heavy atom. The number of tetrazole rings is 1. The molecular weight excluding hydrogens is 1780 g/mol. The second-order valence-electron chi connectivity index (χ2n) is 34.8. The smallest absolute Gasteiger partial charge is 0.246 e. The van der Waals surface area contributed by atoms with Crippen LogP contribution in [0.2, 0.25) is 0 Å². The molecule has 14 amide bonds. The first-order valence-corrected chi connectivity index (χ1v) is 47.9. The number of ketones is 2. The lowest BCUT2D eigenvalue weighted by Crippen LogP contribution is -2.61. The Kier molecular flexibility index (Phi) is 50.6. The molecule has 7 rings (SSSR count). The van der Waals surface area contributed by atoms with Gasteiger partial charge in [-0.3, -0.25) is 87.1 Å². The third kappa shape index (κ3) is 41.9. The summed E-state index contributed by atoms with van der Waals surface area (Å²) in [5.74, 6) is -13.0. The number of hydrogen-bond acceptors (Lipinski definition) is 26. The van der Waals surface area contributed by atoms with Crippen LogP contribution in [0.15, 0.2) is 77.6 Å². The van der Waals surface area contributed by atoms with Crippen LogP contribution in [0.4, 0.5) is 0 Å². The second kappa shape index (κ2) is 62.2. The summed E-state index contributed by atoms with van der Waals surface area (Å²) in [7, 11) is 0. The van der Waals surface area contributed by atoms with Crippen LogP contribution in [-0.4, -0.2) is 291 Å². The maximum absolute atomic E-state index is 15.4. The first-order chi connectivity index (χ1) is 66.0. The number of allylic oxidation sites excluding steroid dienone is 1. The number of benzene rings is 2. The largest absolute Gasteiger partial charge is 0.394 e. The Balaban J connectivity index is 0.949. The van der Waals surface area contributed by atoms with Crippen LogP contribution >= 0.6 is 0 Å². The number of aliphatic hydroxyl groups excluding tert-OH is 3. The van der Waals surface area contributed by atoms with E-state index in [2.05, 4.69) is 99.7 Å². The molecule has 3 aliphatic rings. The highest BCUT2D eigenvalue weighted by Crippen LogP contribution is 2.25. The molecule has 0 aliphatic carbocycles. The number of fused-ring (bicyclic) bond motifs is 2. The topological polar surface area (TPSA) is 670 Å². The van der Waals surface area contributed by atoms with Crippen molar-refractivity contribution in [1.82, 2.24) is 99.6 Å². The van der Waals surface area contributed by atoms with Gasteiger partial charge in [0.25, 0.3) is 0 Å². The Morgan fingerprint density at radius 2 is 1.20 bits per heavy atom. The maximum atomic E-state index is 15.4. The van der Waals surface area contributed by atoms with E-state index < -0.39 is 214 Å². The van der Waals surface area contributed by atoms with E-state index in [4.69, 9.17) is 26.4 Å². The van der Waals surface area contributed by atoms with Crippen LogP contribution < -0.4 is 80.6 Å². The number of primary amides is 1. The Morgan fingerprint density at radius 1 is 0.591 bits per heavy atom. The van der Waals surface area contributed by atoms with Gasteiger partial charge in [-0.25, -0.2) is 5.10 Å².